The van der Waals surface area contributed by atoms with Crippen molar-refractivity contribution in [1.82, 2.24) is 28.7 Å². The molecule has 4 aliphatic heterocycles. The minimum absolute atomic E-state index is 0.720. The Labute approximate surface area is 287 Å². The van der Waals surface area contributed by atoms with E-state index >= 15 is 0 Å². The van der Waals surface area contributed by atoms with Gasteiger partial charge in [0.25, 0.3) is 0 Å². The summed E-state index contributed by atoms with van der Waals surface area (Å²) in [5.74, 6) is 1.52. The smallest absolute Gasteiger partial charge is 0.248 e. The molecule has 0 bridgehead atoms. The number of hydrogen-bond acceptors (Lipinski definition) is 9. The minimum Gasteiger partial charge on any atom is -0.451 e. The fourth-order valence-corrected chi connectivity index (χ4v) is 6.63. The molecule has 0 spiro atoms. The van der Waals surface area contributed by atoms with Crippen LogP contribution in [0.2, 0.25) is 0 Å². The van der Waals surface area contributed by atoms with Crippen LogP contribution in [0.15, 0.2) is 111 Å². The Bertz CT molecular complexity index is 2010. The van der Waals surface area contributed by atoms with E-state index in [-0.39, 0.29) is 0 Å². The van der Waals surface area contributed by atoms with Crippen LogP contribution in [-0.2, 0) is 14.1 Å². The van der Waals surface area contributed by atoms with Crippen molar-refractivity contribution < 1.29 is 13.9 Å². The Morgan fingerprint density at radius 3 is 1.22 bits per heavy atom. The lowest BCUT2D eigenvalue weighted by Gasteiger charge is -2.30. The summed E-state index contributed by atoms with van der Waals surface area (Å²) in [5.41, 5.74) is 6.21. The number of anilines is 4. The average Bonchev–Trinajstić information content (AvgIpc) is 3.93. The second kappa shape index (κ2) is 11.9. The maximum Gasteiger partial charge on any atom is 0.248 e. The molecule has 0 aliphatic carbocycles. The molecule has 0 N–H and O–H groups in total. The van der Waals surface area contributed by atoms with Crippen molar-refractivity contribution in [2.24, 2.45) is 14.1 Å². The lowest BCUT2D eigenvalue weighted by atomic mass is 10.1. The molecule has 13 nitrogen and oxygen atoms in total. The number of nitrogens with zero attached hydrogens (tertiary/aromatic N) is 12. The molecule has 13 heteroatoms. The van der Waals surface area contributed by atoms with Gasteiger partial charge in [0.1, 0.15) is 24.8 Å². The van der Waals surface area contributed by atoms with Crippen molar-refractivity contribution in [1.29, 1.82) is 0 Å². The third-order valence-electron chi connectivity index (χ3n) is 9.17. The SMILES string of the molecule is CN1C=CN(c2cc(N3C=CN(C)C3)c(N3C=CN(C)C3)cc2Oc2cc(N3C=CN(C)C3)c(-n3cc[n+](C)c3)cc2-n2cc[n+](C)c2)C1. The van der Waals surface area contributed by atoms with E-state index in [4.69, 9.17) is 4.74 Å². The maximum absolute atomic E-state index is 7.23. The van der Waals surface area contributed by atoms with Gasteiger partial charge in [0.15, 0.2) is 22.9 Å². The topological polar surface area (TPSA) is 52.8 Å². The van der Waals surface area contributed by atoms with E-state index in [1.807, 2.05) is 24.9 Å². The molecule has 0 fully saturated rings. The predicted molar refractivity (Wildman–Crippen MR) is 191 cm³/mol. The Kier molecular flexibility index (Phi) is 7.38. The van der Waals surface area contributed by atoms with Gasteiger partial charge in [-0.25, -0.2) is 13.7 Å². The van der Waals surface area contributed by atoms with Gasteiger partial charge in [-0.2, -0.15) is 4.57 Å². The van der Waals surface area contributed by atoms with Gasteiger partial charge in [-0.3, -0.25) is 0 Å². The summed E-state index contributed by atoms with van der Waals surface area (Å²) in [6, 6.07) is 8.87. The van der Waals surface area contributed by atoms with Crippen LogP contribution in [0.25, 0.3) is 11.4 Å². The molecule has 0 saturated carbocycles. The molecule has 6 heterocycles. The first-order valence-corrected chi connectivity index (χ1v) is 16.4. The highest BCUT2D eigenvalue weighted by Gasteiger charge is 2.29. The number of aryl methyl sites for hydroxylation is 2. The summed E-state index contributed by atoms with van der Waals surface area (Å²) >= 11 is 0. The monoisotopic (exact) mass is 660 g/mol. The van der Waals surface area contributed by atoms with Crippen LogP contribution in [0, 0.1) is 0 Å². The zero-order chi connectivity index (χ0) is 33.8. The molecule has 2 aromatic heterocycles. The molecule has 2 aromatic carbocycles. The van der Waals surface area contributed by atoms with E-state index in [0.717, 1.165) is 72.3 Å². The van der Waals surface area contributed by atoms with Crippen LogP contribution < -0.4 is 33.5 Å². The first kappa shape index (κ1) is 30.4. The quantitative estimate of drug-likeness (QED) is 0.265. The summed E-state index contributed by atoms with van der Waals surface area (Å²) < 4.78 is 15.6. The average molecular weight is 661 g/mol. The molecular weight excluding hydrogens is 616 g/mol. The van der Waals surface area contributed by atoms with Crippen LogP contribution in [-0.4, -0.2) is 83.6 Å². The van der Waals surface area contributed by atoms with Crippen molar-refractivity contribution in [3.05, 3.63) is 111 Å². The van der Waals surface area contributed by atoms with Crippen molar-refractivity contribution in [3.8, 4) is 22.9 Å². The first-order chi connectivity index (χ1) is 23.7. The Balaban J connectivity index is 1.32. The summed E-state index contributed by atoms with van der Waals surface area (Å²) in [5, 5.41) is 0. The second-order valence-electron chi connectivity index (χ2n) is 13.4. The van der Waals surface area contributed by atoms with Crippen LogP contribution >= 0.6 is 0 Å². The summed E-state index contributed by atoms with van der Waals surface area (Å²) in [6.07, 6.45) is 29.4. The highest BCUT2D eigenvalue weighted by molar-refractivity contribution is 5.84. The predicted octanol–water partition coefficient (Wildman–Crippen LogP) is 3.43. The van der Waals surface area contributed by atoms with Gasteiger partial charge < -0.3 is 43.9 Å². The van der Waals surface area contributed by atoms with E-state index in [2.05, 4.69) is 186 Å². The largest absolute Gasteiger partial charge is 0.451 e. The van der Waals surface area contributed by atoms with E-state index in [9.17, 15) is 0 Å². The summed E-state index contributed by atoms with van der Waals surface area (Å²) in [7, 11) is 12.4. The maximum atomic E-state index is 7.23. The van der Waals surface area contributed by atoms with E-state index in [0.29, 0.717) is 0 Å². The molecular formula is C36H44N12O+2. The molecule has 49 heavy (non-hydrogen) atoms. The molecule has 0 amide bonds. The number of imidazole rings is 2. The molecule has 252 valence electrons. The third-order valence-corrected chi connectivity index (χ3v) is 9.17. The molecule has 0 saturated heterocycles. The summed E-state index contributed by atoms with van der Waals surface area (Å²) in [6.45, 7) is 2.97. The van der Waals surface area contributed by atoms with Gasteiger partial charge in [-0.15, -0.1) is 0 Å². The molecule has 0 atom stereocenters. The van der Waals surface area contributed by atoms with E-state index in [1.165, 1.54) is 0 Å². The Morgan fingerprint density at radius 2 is 0.816 bits per heavy atom. The Morgan fingerprint density at radius 1 is 0.449 bits per heavy atom. The molecule has 4 aromatic rings. The standard InChI is InChI=1S/C36H44N12O/c1-37-7-13-43(23-37)29-19-33(47-17-11-41(5)27-47)35(21-31(29)45-15-9-39(3)25-45)49-36-22-32(46-16-10-40(4)26-46)30(44-14-8-38(2)24-44)20-34(36)48-18-12-42(6)28-48/h7-23,27H,24-26,28H2,1-6H3/q+2. The van der Waals surface area contributed by atoms with Gasteiger partial charge in [0, 0.05) is 96.0 Å². The van der Waals surface area contributed by atoms with Crippen molar-refractivity contribution >= 4 is 22.7 Å². The normalized spacial score (nSPS) is 17.0. The van der Waals surface area contributed by atoms with Crippen LogP contribution in [0.4, 0.5) is 22.7 Å². The minimum atomic E-state index is 0.720. The van der Waals surface area contributed by atoms with Crippen LogP contribution in [0.5, 0.6) is 11.5 Å². The van der Waals surface area contributed by atoms with Gasteiger partial charge in [-0.05, 0) is 6.07 Å². The number of ether oxygens (including phenoxy) is 1. The van der Waals surface area contributed by atoms with Gasteiger partial charge in [0.2, 0.25) is 12.7 Å². The molecule has 0 radical (unpaired) electrons. The molecule has 4 aliphatic rings. The van der Waals surface area contributed by atoms with E-state index in [1.54, 1.807) is 0 Å². The third kappa shape index (κ3) is 5.77. The second-order valence-corrected chi connectivity index (χ2v) is 13.4. The highest BCUT2D eigenvalue weighted by atomic mass is 16.5. The lowest BCUT2D eigenvalue weighted by molar-refractivity contribution is -0.670. The number of benzene rings is 2. The van der Waals surface area contributed by atoms with Gasteiger partial charge in [0.05, 0.1) is 63.5 Å². The van der Waals surface area contributed by atoms with Gasteiger partial charge >= 0.3 is 0 Å². The van der Waals surface area contributed by atoms with E-state index < -0.39 is 0 Å². The van der Waals surface area contributed by atoms with Crippen LogP contribution in [0.3, 0.4) is 0 Å². The zero-order valence-electron chi connectivity index (χ0n) is 29.0. The van der Waals surface area contributed by atoms with Crippen molar-refractivity contribution in [2.45, 2.75) is 0 Å². The number of rotatable bonds is 8. The number of aromatic nitrogens is 4. The highest BCUT2D eigenvalue weighted by Crippen LogP contribution is 2.46. The number of hydrogen-bond donors (Lipinski definition) is 0. The lowest BCUT2D eigenvalue weighted by Crippen LogP contribution is -2.27. The zero-order valence-corrected chi connectivity index (χ0v) is 29.0. The fraction of sp³-hybridized carbons (Fsp3) is 0.278. The molecule has 0 unspecified atom stereocenters. The first-order valence-electron chi connectivity index (χ1n) is 16.4. The fourth-order valence-electron chi connectivity index (χ4n) is 6.63. The Hall–Kier alpha value is -5.98. The summed E-state index contributed by atoms with van der Waals surface area (Å²) in [4.78, 5) is 17.8. The van der Waals surface area contributed by atoms with Crippen molar-refractivity contribution in [3.63, 3.8) is 0 Å². The van der Waals surface area contributed by atoms with Gasteiger partial charge in [-0.1, -0.05) is 0 Å². The van der Waals surface area contributed by atoms with Crippen molar-refractivity contribution in [2.75, 3.05) is 74.5 Å². The van der Waals surface area contributed by atoms with Crippen LogP contribution in [0.1, 0.15) is 0 Å². The molecule has 8 rings (SSSR count).